The van der Waals surface area contributed by atoms with Crippen molar-refractivity contribution in [2.75, 3.05) is 12.4 Å². The molecule has 1 unspecified atom stereocenters. The van der Waals surface area contributed by atoms with Crippen molar-refractivity contribution in [3.63, 3.8) is 0 Å². The van der Waals surface area contributed by atoms with Crippen LogP contribution in [0.1, 0.15) is 13.8 Å². The van der Waals surface area contributed by atoms with E-state index >= 15 is 0 Å². The maximum Gasteiger partial charge on any atom is 0.157 e. The fourth-order valence-electron chi connectivity index (χ4n) is 1.13. The van der Waals surface area contributed by atoms with E-state index in [-0.39, 0.29) is 0 Å². The molecular weight excluding hydrogens is 196 g/mol. The van der Waals surface area contributed by atoms with Gasteiger partial charge in [-0.2, -0.15) is 17.7 Å². The second-order valence-corrected chi connectivity index (χ2v) is 4.21. The van der Waals surface area contributed by atoms with Crippen molar-refractivity contribution in [2.45, 2.75) is 13.8 Å². The van der Waals surface area contributed by atoms with E-state index in [0.29, 0.717) is 18.4 Å². The van der Waals surface area contributed by atoms with Crippen molar-refractivity contribution < 1.29 is 4.74 Å². The van der Waals surface area contributed by atoms with Crippen LogP contribution in [0.15, 0.2) is 12.4 Å². The first-order chi connectivity index (χ1) is 6.63. The predicted molar refractivity (Wildman–Crippen MR) is 60.9 cm³/mol. The summed E-state index contributed by atoms with van der Waals surface area (Å²) in [6.07, 6.45) is 3.60. The summed E-state index contributed by atoms with van der Waals surface area (Å²) in [6.45, 7) is 5.09. The van der Waals surface area contributed by atoms with E-state index in [1.807, 2.05) is 13.2 Å². The minimum absolute atomic E-state index is 0.499. The van der Waals surface area contributed by atoms with E-state index in [1.54, 1.807) is 10.9 Å². The number of hydrogen-bond acceptors (Lipinski definition) is 3. The Bertz CT molecular complexity index is 273. The SMILES string of the molecule is CC(C)C(CS)COc1cnn(C)c1. The van der Waals surface area contributed by atoms with Gasteiger partial charge in [-0.25, -0.2) is 0 Å². The standard InChI is InChI=1S/C10H18N2OS/c1-8(2)9(7-14)6-13-10-4-11-12(3)5-10/h4-5,8-9,14H,6-7H2,1-3H3. The molecule has 0 aliphatic rings. The Balaban J connectivity index is 2.39. The molecule has 80 valence electrons. The summed E-state index contributed by atoms with van der Waals surface area (Å²) >= 11 is 4.31. The molecule has 3 nitrogen and oxygen atoms in total. The van der Waals surface area contributed by atoms with Gasteiger partial charge >= 0.3 is 0 Å². The van der Waals surface area contributed by atoms with Crippen LogP contribution in [0, 0.1) is 11.8 Å². The topological polar surface area (TPSA) is 27.1 Å². The number of aromatic nitrogens is 2. The first kappa shape index (κ1) is 11.4. The molecule has 0 amide bonds. The zero-order chi connectivity index (χ0) is 10.6. The highest BCUT2D eigenvalue weighted by atomic mass is 32.1. The van der Waals surface area contributed by atoms with Crippen LogP contribution >= 0.6 is 12.6 Å². The van der Waals surface area contributed by atoms with Crippen LogP contribution in [-0.2, 0) is 7.05 Å². The summed E-state index contributed by atoms with van der Waals surface area (Å²) in [4.78, 5) is 0. The average molecular weight is 214 g/mol. The Labute approximate surface area is 90.9 Å². The Morgan fingerprint density at radius 2 is 2.29 bits per heavy atom. The van der Waals surface area contributed by atoms with Gasteiger partial charge in [-0.1, -0.05) is 13.8 Å². The van der Waals surface area contributed by atoms with Gasteiger partial charge in [0.15, 0.2) is 5.75 Å². The fraction of sp³-hybridized carbons (Fsp3) is 0.700. The Hall–Kier alpha value is -0.640. The summed E-state index contributed by atoms with van der Waals surface area (Å²) in [6, 6.07) is 0. The van der Waals surface area contributed by atoms with Crippen LogP contribution in [-0.4, -0.2) is 22.1 Å². The van der Waals surface area contributed by atoms with Gasteiger partial charge in [0.1, 0.15) is 0 Å². The van der Waals surface area contributed by atoms with Gasteiger partial charge in [0.05, 0.1) is 19.0 Å². The average Bonchev–Trinajstić information content (AvgIpc) is 2.52. The summed E-state index contributed by atoms with van der Waals surface area (Å²) < 4.78 is 7.35. The number of aryl methyl sites for hydroxylation is 1. The van der Waals surface area contributed by atoms with Crippen molar-refractivity contribution >= 4 is 12.6 Å². The van der Waals surface area contributed by atoms with Crippen molar-refractivity contribution in [3.8, 4) is 5.75 Å². The van der Waals surface area contributed by atoms with E-state index in [4.69, 9.17) is 4.74 Å². The summed E-state index contributed by atoms with van der Waals surface area (Å²) in [7, 11) is 1.88. The summed E-state index contributed by atoms with van der Waals surface area (Å²) in [5.74, 6) is 2.79. The molecule has 0 bridgehead atoms. The number of ether oxygens (including phenoxy) is 1. The molecule has 1 rings (SSSR count). The van der Waals surface area contributed by atoms with E-state index in [1.165, 1.54) is 0 Å². The van der Waals surface area contributed by atoms with Crippen LogP contribution in [0.4, 0.5) is 0 Å². The van der Waals surface area contributed by atoms with E-state index in [0.717, 1.165) is 11.5 Å². The third-order valence-corrected chi connectivity index (χ3v) is 2.79. The van der Waals surface area contributed by atoms with E-state index < -0.39 is 0 Å². The molecular formula is C10H18N2OS. The van der Waals surface area contributed by atoms with Gasteiger partial charge in [0.25, 0.3) is 0 Å². The van der Waals surface area contributed by atoms with Crippen LogP contribution in [0.25, 0.3) is 0 Å². The van der Waals surface area contributed by atoms with Crippen molar-refractivity contribution in [1.82, 2.24) is 9.78 Å². The maximum absolute atomic E-state index is 5.61. The predicted octanol–water partition coefficient (Wildman–Crippen LogP) is 2.00. The second kappa shape index (κ2) is 5.29. The molecule has 1 aromatic heterocycles. The molecule has 0 N–H and O–H groups in total. The molecule has 0 saturated carbocycles. The molecule has 0 aliphatic heterocycles. The molecule has 0 aromatic carbocycles. The normalized spacial score (nSPS) is 13.2. The number of rotatable bonds is 5. The lowest BCUT2D eigenvalue weighted by Gasteiger charge is -2.18. The monoisotopic (exact) mass is 214 g/mol. The molecule has 1 aromatic rings. The molecule has 4 heteroatoms. The molecule has 14 heavy (non-hydrogen) atoms. The van der Waals surface area contributed by atoms with E-state index in [2.05, 4.69) is 31.6 Å². The van der Waals surface area contributed by atoms with E-state index in [9.17, 15) is 0 Å². The lowest BCUT2D eigenvalue weighted by atomic mass is 9.99. The molecule has 1 heterocycles. The second-order valence-electron chi connectivity index (χ2n) is 3.85. The lowest BCUT2D eigenvalue weighted by molar-refractivity contribution is 0.227. The number of thiol groups is 1. The zero-order valence-corrected chi connectivity index (χ0v) is 9.87. The van der Waals surface area contributed by atoms with Crippen LogP contribution in [0.5, 0.6) is 5.75 Å². The fourth-order valence-corrected chi connectivity index (χ4v) is 1.66. The molecule has 0 saturated heterocycles. The highest BCUT2D eigenvalue weighted by molar-refractivity contribution is 7.80. The first-order valence-corrected chi connectivity index (χ1v) is 5.49. The van der Waals surface area contributed by atoms with Crippen molar-refractivity contribution in [1.29, 1.82) is 0 Å². The highest BCUT2D eigenvalue weighted by Gasteiger charge is 2.12. The lowest BCUT2D eigenvalue weighted by Crippen LogP contribution is -2.19. The largest absolute Gasteiger partial charge is 0.490 e. The molecule has 0 fully saturated rings. The third kappa shape index (κ3) is 3.25. The molecule has 1 atom stereocenters. The van der Waals surface area contributed by atoms with Crippen LogP contribution < -0.4 is 4.74 Å². The van der Waals surface area contributed by atoms with Gasteiger partial charge in [-0.05, 0) is 11.7 Å². The quantitative estimate of drug-likeness (QED) is 0.759. The van der Waals surface area contributed by atoms with Gasteiger partial charge < -0.3 is 4.74 Å². The highest BCUT2D eigenvalue weighted by Crippen LogP contribution is 2.15. The zero-order valence-electron chi connectivity index (χ0n) is 8.97. The van der Waals surface area contributed by atoms with Crippen LogP contribution in [0.2, 0.25) is 0 Å². The van der Waals surface area contributed by atoms with Crippen molar-refractivity contribution in [3.05, 3.63) is 12.4 Å². The Morgan fingerprint density at radius 1 is 1.57 bits per heavy atom. The minimum atomic E-state index is 0.499. The molecule has 0 aliphatic carbocycles. The van der Waals surface area contributed by atoms with Gasteiger partial charge in [-0.15, -0.1) is 0 Å². The Kier molecular flexibility index (Phi) is 4.32. The van der Waals surface area contributed by atoms with Gasteiger partial charge in [-0.3, -0.25) is 4.68 Å². The van der Waals surface area contributed by atoms with Gasteiger partial charge in [0, 0.05) is 13.0 Å². The number of hydrogen-bond donors (Lipinski definition) is 1. The third-order valence-electron chi connectivity index (χ3n) is 2.32. The van der Waals surface area contributed by atoms with Crippen molar-refractivity contribution in [2.24, 2.45) is 18.9 Å². The maximum atomic E-state index is 5.61. The molecule has 0 radical (unpaired) electrons. The Morgan fingerprint density at radius 3 is 2.71 bits per heavy atom. The molecule has 0 spiro atoms. The minimum Gasteiger partial charge on any atom is -0.490 e. The van der Waals surface area contributed by atoms with Gasteiger partial charge in [0.2, 0.25) is 0 Å². The van der Waals surface area contributed by atoms with Crippen LogP contribution in [0.3, 0.4) is 0 Å². The first-order valence-electron chi connectivity index (χ1n) is 4.85. The number of nitrogens with zero attached hydrogens (tertiary/aromatic N) is 2. The summed E-state index contributed by atoms with van der Waals surface area (Å²) in [5, 5.41) is 4.04. The smallest absolute Gasteiger partial charge is 0.157 e. The summed E-state index contributed by atoms with van der Waals surface area (Å²) in [5.41, 5.74) is 0.